The molecule has 0 rings (SSSR count). The van der Waals surface area contributed by atoms with Gasteiger partial charge in [-0.15, -0.1) is 0 Å². The van der Waals surface area contributed by atoms with Gasteiger partial charge in [0.05, 0.1) is 12.8 Å². The van der Waals surface area contributed by atoms with Crippen LogP contribution in [-0.2, 0) is 28.9 Å². The lowest BCUT2D eigenvalue weighted by Crippen LogP contribution is -2.34. The maximum atomic E-state index is 11.0. The summed E-state index contributed by atoms with van der Waals surface area (Å²) in [6, 6.07) is 0. The van der Waals surface area contributed by atoms with E-state index in [-0.39, 0.29) is 25.7 Å². The van der Waals surface area contributed by atoms with Crippen LogP contribution in [0.3, 0.4) is 0 Å². The zero-order valence-corrected chi connectivity index (χ0v) is 11.8. The third-order valence-electron chi connectivity index (χ3n) is 2.11. The molecule has 0 aliphatic rings. The number of aldehydes is 2. The number of hydrogen-bond acceptors (Lipinski definition) is 9. The molecule has 9 nitrogen and oxygen atoms in total. The Hall–Kier alpha value is -1.84. The summed E-state index contributed by atoms with van der Waals surface area (Å²) in [5, 5.41) is 3.00. The van der Waals surface area contributed by atoms with Crippen LogP contribution in [0.1, 0.15) is 25.7 Å². The first-order chi connectivity index (χ1) is 10.2. The van der Waals surface area contributed by atoms with Gasteiger partial charge in [-0.3, -0.25) is 9.59 Å². The minimum absolute atomic E-state index is 0.0588. The molecule has 9 heteroatoms. The Morgan fingerprint density at radius 1 is 0.762 bits per heavy atom. The molecule has 0 spiro atoms. The number of carbonyl (C=O) groups is 4. The molecular weight excluding hydrogens is 282 g/mol. The van der Waals surface area contributed by atoms with Gasteiger partial charge in [0.2, 0.25) is 0 Å². The van der Waals surface area contributed by atoms with Crippen molar-refractivity contribution in [2.24, 2.45) is 0 Å². The summed E-state index contributed by atoms with van der Waals surface area (Å²) in [6.07, 6.45) is 1.72. The number of rotatable bonds is 14. The second-order valence-corrected chi connectivity index (χ2v) is 3.90. The van der Waals surface area contributed by atoms with Crippen LogP contribution in [0.4, 0.5) is 0 Å². The number of carbonyl (C=O) groups excluding carboxylic acids is 4. The van der Waals surface area contributed by atoms with Crippen LogP contribution in [0.25, 0.3) is 0 Å². The Kier molecular flexibility index (Phi) is 13.3. The third kappa shape index (κ3) is 14.4. The van der Waals surface area contributed by atoms with Crippen LogP contribution in [0.2, 0.25) is 0 Å². The minimum Gasteiger partial charge on any atom is -0.371 e. The van der Waals surface area contributed by atoms with Crippen molar-refractivity contribution in [3.8, 4) is 0 Å². The predicted molar refractivity (Wildman–Crippen MR) is 71.7 cm³/mol. The van der Waals surface area contributed by atoms with Gasteiger partial charge in [0.1, 0.15) is 12.6 Å². The van der Waals surface area contributed by atoms with Gasteiger partial charge in [-0.1, -0.05) is 0 Å². The molecule has 0 heterocycles. The van der Waals surface area contributed by atoms with E-state index < -0.39 is 11.9 Å². The first-order valence-corrected chi connectivity index (χ1v) is 6.63. The summed E-state index contributed by atoms with van der Waals surface area (Å²) in [4.78, 5) is 51.2. The maximum Gasteiger partial charge on any atom is 0.325 e. The average molecular weight is 303 g/mol. The van der Waals surface area contributed by atoms with E-state index in [2.05, 4.69) is 26.0 Å². The van der Waals surface area contributed by atoms with E-state index in [1.165, 1.54) is 0 Å². The highest BCUT2D eigenvalue weighted by Crippen LogP contribution is 1.87. The second-order valence-electron chi connectivity index (χ2n) is 3.90. The fourth-order valence-corrected chi connectivity index (χ4v) is 1.12. The molecule has 21 heavy (non-hydrogen) atoms. The molecule has 0 aromatic rings. The zero-order chi connectivity index (χ0) is 15.8. The van der Waals surface area contributed by atoms with Crippen molar-refractivity contribution < 1.29 is 28.9 Å². The van der Waals surface area contributed by atoms with Crippen molar-refractivity contribution in [1.82, 2.24) is 16.3 Å². The first-order valence-electron chi connectivity index (χ1n) is 6.63. The standard InChI is InChI=1S/C12H21N3O6/c16-9-1-3-11(18)20-14-7-5-13-6-8-15-21-12(19)4-2-10-17/h9-10,13-15H,1-8H2. The quantitative estimate of drug-likeness (QED) is 0.202. The van der Waals surface area contributed by atoms with Crippen molar-refractivity contribution in [3.63, 3.8) is 0 Å². The highest BCUT2D eigenvalue weighted by atomic mass is 16.7. The molecular formula is C12H21N3O6. The average Bonchev–Trinajstić information content (AvgIpc) is 2.49. The molecule has 3 N–H and O–H groups in total. The van der Waals surface area contributed by atoms with Crippen LogP contribution in [0, 0.1) is 0 Å². The molecule has 0 aliphatic heterocycles. The van der Waals surface area contributed by atoms with E-state index in [4.69, 9.17) is 0 Å². The monoisotopic (exact) mass is 303 g/mol. The predicted octanol–water partition coefficient (Wildman–Crippen LogP) is -1.37. The van der Waals surface area contributed by atoms with Gasteiger partial charge in [-0.05, 0) is 0 Å². The lowest BCUT2D eigenvalue weighted by molar-refractivity contribution is -0.152. The minimum atomic E-state index is -0.481. The fraction of sp³-hybridized carbons (Fsp3) is 0.667. The Bertz CT molecular complexity index is 294. The lowest BCUT2D eigenvalue weighted by atomic mass is 10.3. The Morgan fingerprint density at radius 2 is 1.19 bits per heavy atom. The number of hydrogen-bond donors (Lipinski definition) is 3. The molecule has 0 aromatic heterocycles. The summed E-state index contributed by atoms with van der Waals surface area (Å²) < 4.78 is 0. The van der Waals surface area contributed by atoms with Gasteiger partial charge in [-0.25, -0.2) is 0 Å². The summed E-state index contributed by atoms with van der Waals surface area (Å²) in [6.45, 7) is 1.90. The van der Waals surface area contributed by atoms with Crippen molar-refractivity contribution in [3.05, 3.63) is 0 Å². The molecule has 0 atom stereocenters. The van der Waals surface area contributed by atoms with E-state index >= 15 is 0 Å². The molecule has 0 aliphatic carbocycles. The van der Waals surface area contributed by atoms with Crippen molar-refractivity contribution in [2.45, 2.75) is 25.7 Å². The number of hydroxylamine groups is 2. The summed E-state index contributed by atoms with van der Waals surface area (Å²) >= 11 is 0. The van der Waals surface area contributed by atoms with Gasteiger partial charge < -0.3 is 24.6 Å². The van der Waals surface area contributed by atoms with E-state index in [9.17, 15) is 19.2 Å². The summed E-state index contributed by atoms with van der Waals surface area (Å²) in [5.41, 5.74) is 4.92. The summed E-state index contributed by atoms with van der Waals surface area (Å²) in [7, 11) is 0. The first kappa shape index (κ1) is 19.2. The van der Waals surface area contributed by atoms with E-state index in [0.29, 0.717) is 38.8 Å². The highest BCUT2D eigenvalue weighted by molar-refractivity contribution is 5.72. The molecule has 0 saturated carbocycles. The van der Waals surface area contributed by atoms with Gasteiger partial charge in [0, 0.05) is 39.0 Å². The zero-order valence-electron chi connectivity index (χ0n) is 11.8. The fourth-order valence-electron chi connectivity index (χ4n) is 1.12. The Balaban J connectivity index is 3.22. The highest BCUT2D eigenvalue weighted by Gasteiger charge is 2.02. The molecule has 0 radical (unpaired) electrons. The Morgan fingerprint density at radius 3 is 1.57 bits per heavy atom. The van der Waals surface area contributed by atoms with Crippen LogP contribution < -0.4 is 16.3 Å². The van der Waals surface area contributed by atoms with Crippen molar-refractivity contribution >= 4 is 24.5 Å². The Labute approximate surface area is 122 Å². The molecule has 0 aromatic carbocycles. The smallest absolute Gasteiger partial charge is 0.325 e. The number of nitrogens with one attached hydrogen (secondary N) is 3. The van der Waals surface area contributed by atoms with Gasteiger partial charge in [0.15, 0.2) is 0 Å². The molecule has 0 fully saturated rings. The molecule has 0 saturated heterocycles. The van der Waals surface area contributed by atoms with Crippen molar-refractivity contribution in [1.29, 1.82) is 0 Å². The molecule has 0 amide bonds. The normalized spacial score (nSPS) is 9.90. The second kappa shape index (κ2) is 14.6. The van der Waals surface area contributed by atoms with Gasteiger partial charge >= 0.3 is 11.9 Å². The summed E-state index contributed by atoms with van der Waals surface area (Å²) in [5.74, 6) is -0.961. The third-order valence-corrected chi connectivity index (χ3v) is 2.11. The van der Waals surface area contributed by atoms with E-state index in [1.54, 1.807) is 0 Å². The molecule has 0 bridgehead atoms. The van der Waals surface area contributed by atoms with Crippen LogP contribution in [-0.4, -0.2) is 50.7 Å². The maximum absolute atomic E-state index is 11.0. The van der Waals surface area contributed by atoms with Crippen LogP contribution >= 0.6 is 0 Å². The van der Waals surface area contributed by atoms with Gasteiger partial charge in [0.25, 0.3) is 0 Å². The van der Waals surface area contributed by atoms with Crippen molar-refractivity contribution in [2.75, 3.05) is 26.2 Å². The molecule has 120 valence electrons. The van der Waals surface area contributed by atoms with Crippen LogP contribution in [0.5, 0.6) is 0 Å². The molecule has 0 unspecified atom stereocenters. The van der Waals surface area contributed by atoms with Gasteiger partial charge in [-0.2, -0.15) is 11.0 Å². The SMILES string of the molecule is O=CCCC(=O)ONCCNCCNOC(=O)CCC=O. The van der Waals surface area contributed by atoms with E-state index in [0.717, 1.165) is 0 Å². The largest absolute Gasteiger partial charge is 0.371 e. The van der Waals surface area contributed by atoms with Crippen LogP contribution in [0.15, 0.2) is 0 Å². The van der Waals surface area contributed by atoms with E-state index in [1.807, 2.05) is 0 Å². The topological polar surface area (TPSA) is 123 Å². The lowest BCUT2D eigenvalue weighted by Gasteiger charge is -2.07.